The molecule has 0 spiro atoms. The summed E-state index contributed by atoms with van der Waals surface area (Å²) in [6.45, 7) is 1.45. The van der Waals surface area contributed by atoms with Gasteiger partial charge in [0, 0.05) is 10.5 Å². The molecule has 1 aliphatic rings. The molecule has 1 aliphatic heterocycles. The minimum Gasteiger partial charge on any atom is -0.264 e. The van der Waals surface area contributed by atoms with Crippen LogP contribution in [0.3, 0.4) is 0 Å². The maximum absolute atomic E-state index is 11.1. The standard InChI is InChI=1S/C5H6BrNO4S/c1-3-4(7(8)9)2-12(10,11)5(3)6/h4H,2H2,1H3. The van der Waals surface area contributed by atoms with E-state index in [9.17, 15) is 18.5 Å². The molecule has 1 heterocycles. The van der Waals surface area contributed by atoms with E-state index in [1.54, 1.807) is 0 Å². The molecule has 0 aromatic heterocycles. The Morgan fingerprint density at radius 3 is 2.33 bits per heavy atom. The third kappa shape index (κ3) is 1.38. The SMILES string of the molecule is CC1=C(Br)S(=O)(=O)CC1[N+](=O)[O-]. The summed E-state index contributed by atoms with van der Waals surface area (Å²) < 4.78 is 22.1. The highest BCUT2D eigenvalue weighted by atomic mass is 79.9. The molecule has 68 valence electrons. The second kappa shape index (κ2) is 2.81. The van der Waals surface area contributed by atoms with Crippen molar-refractivity contribution in [3.63, 3.8) is 0 Å². The van der Waals surface area contributed by atoms with Crippen molar-refractivity contribution in [3.8, 4) is 0 Å². The molecule has 0 aromatic rings. The van der Waals surface area contributed by atoms with Crippen LogP contribution in [0.4, 0.5) is 0 Å². The summed E-state index contributed by atoms with van der Waals surface area (Å²) in [5, 5.41) is 10.3. The quantitative estimate of drug-likeness (QED) is 0.510. The number of halogens is 1. The average molecular weight is 256 g/mol. The van der Waals surface area contributed by atoms with Crippen molar-refractivity contribution in [2.24, 2.45) is 0 Å². The topological polar surface area (TPSA) is 77.3 Å². The van der Waals surface area contributed by atoms with Crippen LogP contribution < -0.4 is 0 Å². The van der Waals surface area contributed by atoms with E-state index in [0.717, 1.165) is 0 Å². The summed E-state index contributed by atoms with van der Waals surface area (Å²) >= 11 is 2.82. The molecular weight excluding hydrogens is 250 g/mol. The summed E-state index contributed by atoms with van der Waals surface area (Å²) in [5.41, 5.74) is 0.278. The first-order valence-corrected chi connectivity index (χ1v) is 5.53. The van der Waals surface area contributed by atoms with Crippen molar-refractivity contribution in [2.45, 2.75) is 13.0 Å². The number of rotatable bonds is 1. The van der Waals surface area contributed by atoms with Gasteiger partial charge in [0.2, 0.25) is 6.04 Å². The highest BCUT2D eigenvalue weighted by molar-refractivity contribution is 9.13. The van der Waals surface area contributed by atoms with Gasteiger partial charge in [0.25, 0.3) is 0 Å². The molecule has 0 aromatic carbocycles. The van der Waals surface area contributed by atoms with Crippen LogP contribution in [0.15, 0.2) is 9.39 Å². The van der Waals surface area contributed by atoms with E-state index < -0.39 is 26.6 Å². The van der Waals surface area contributed by atoms with Crippen LogP contribution >= 0.6 is 15.9 Å². The molecule has 0 bridgehead atoms. The smallest absolute Gasteiger partial charge is 0.250 e. The first-order chi connectivity index (χ1) is 5.36. The Kier molecular flexibility index (Phi) is 2.26. The van der Waals surface area contributed by atoms with Crippen molar-refractivity contribution in [3.05, 3.63) is 19.5 Å². The van der Waals surface area contributed by atoms with Gasteiger partial charge in [-0.3, -0.25) is 10.1 Å². The van der Waals surface area contributed by atoms with Gasteiger partial charge in [-0.05, 0) is 22.9 Å². The van der Waals surface area contributed by atoms with Crippen LogP contribution in [-0.4, -0.2) is 25.1 Å². The van der Waals surface area contributed by atoms with Gasteiger partial charge in [0.1, 0.15) is 9.57 Å². The Hall–Kier alpha value is -0.430. The summed E-state index contributed by atoms with van der Waals surface area (Å²) in [5.74, 6) is -0.424. The van der Waals surface area contributed by atoms with Crippen LogP contribution in [0.1, 0.15) is 6.92 Å². The maximum Gasteiger partial charge on any atom is 0.250 e. The molecule has 1 atom stereocenters. The highest BCUT2D eigenvalue weighted by Crippen LogP contribution is 2.31. The Labute approximate surface area is 77.6 Å². The average Bonchev–Trinajstić information content (AvgIpc) is 2.14. The van der Waals surface area contributed by atoms with Gasteiger partial charge < -0.3 is 0 Å². The van der Waals surface area contributed by atoms with Crippen LogP contribution in [-0.2, 0) is 9.84 Å². The third-order valence-corrected chi connectivity index (χ3v) is 5.44. The van der Waals surface area contributed by atoms with Gasteiger partial charge in [-0.1, -0.05) is 0 Å². The zero-order valence-electron chi connectivity index (χ0n) is 6.15. The third-order valence-electron chi connectivity index (χ3n) is 1.71. The normalized spacial score (nSPS) is 27.7. The van der Waals surface area contributed by atoms with Crippen molar-refractivity contribution in [1.29, 1.82) is 0 Å². The van der Waals surface area contributed by atoms with E-state index in [1.165, 1.54) is 6.92 Å². The molecule has 7 heteroatoms. The first kappa shape index (κ1) is 9.66. The second-order valence-electron chi connectivity index (χ2n) is 2.54. The number of sulfone groups is 1. The Morgan fingerprint density at radius 1 is 1.67 bits per heavy atom. The molecule has 1 rings (SSSR count). The molecular formula is C5H6BrNO4S. The van der Waals surface area contributed by atoms with Gasteiger partial charge in [0.05, 0.1) is 0 Å². The number of nitro groups is 1. The van der Waals surface area contributed by atoms with E-state index >= 15 is 0 Å². The van der Waals surface area contributed by atoms with E-state index in [1.807, 2.05) is 0 Å². The zero-order valence-corrected chi connectivity index (χ0v) is 8.55. The highest BCUT2D eigenvalue weighted by Gasteiger charge is 2.41. The minimum absolute atomic E-state index is 0.0308. The molecule has 5 nitrogen and oxygen atoms in total. The molecule has 0 radical (unpaired) electrons. The van der Waals surface area contributed by atoms with Crippen LogP contribution in [0.2, 0.25) is 0 Å². The summed E-state index contributed by atoms with van der Waals surface area (Å²) in [6.07, 6.45) is 0. The molecule has 12 heavy (non-hydrogen) atoms. The molecule has 0 fully saturated rings. The van der Waals surface area contributed by atoms with Crippen LogP contribution in [0.25, 0.3) is 0 Å². The molecule has 0 saturated carbocycles. The maximum atomic E-state index is 11.1. The molecule has 0 aliphatic carbocycles. The second-order valence-corrected chi connectivity index (χ2v) is 5.83. The predicted octanol–water partition coefficient (Wildman–Crippen LogP) is 0.687. The lowest BCUT2D eigenvalue weighted by atomic mass is 10.2. The lowest BCUT2D eigenvalue weighted by molar-refractivity contribution is -0.505. The van der Waals surface area contributed by atoms with E-state index in [2.05, 4.69) is 15.9 Å². The Bertz CT molecular complexity index is 358. The molecule has 0 N–H and O–H groups in total. The van der Waals surface area contributed by atoms with E-state index in [0.29, 0.717) is 0 Å². The lowest BCUT2D eigenvalue weighted by Gasteiger charge is -1.98. The van der Waals surface area contributed by atoms with Crippen molar-refractivity contribution < 1.29 is 13.3 Å². The summed E-state index contributed by atoms with van der Waals surface area (Å²) in [4.78, 5) is 9.75. The van der Waals surface area contributed by atoms with Crippen LogP contribution in [0.5, 0.6) is 0 Å². The van der Waals surface area contributed by atoms with Crippen molar-refractivity contribution in [2.75, 3.05) is 5.75 Å². The number of nitrogens with zero attached hydrogens (tertiary/aromatic N) is 1. The fraction of sp³-hybridized carbons (Fsp3) is 0.600. The Morgan fingerprint density at radius 2 is 2.17 bits per heavy atom. The predicted molar refractivity (Wildman–Crippen MR) is 46.2 cm³/mol. The number of hydrogen-bond donors (Lipinski definition) is 0. The monoisotopic (exact) mass is 255 g/mol. The van der Waals surface area contributed by atoms with Gasteiger partial charge in [0.15, 0.2) is 9.84 Å². The van der Waals surface area contributed by atoms with Gasteiger partial charge in [-0.15, -0.1) is 0 Å². The zero-order chi connectivity index (χ0) is 9.52. The van der Waals surface area contributed by atoms with Gasteiger partial charge in [-0.25, -0.2) is 8.42 Å². The molecule has 0 saturated heterocycles. The van der Waals surface area contributed by atoms with E-state index in [-0.39, 0.29) is 9.39 Å². The van der Waals surface area contributed by atoms with Crippen molar-refractivity contribution >= 4 is 25.8 Å². The van der Waals surface area contributed by atoms with Crippen molar-refractivity contribution in [1.82, 2.24) is 0 Å². The number of hydrogen-bond acceptors (Lipinski definition) is 4. The molecule has 0 amide bonds. The minimum atomic E-state index is -3.41. The van der Waals surface area contributed by atoms with E-state index in [4.69, 9.17) is 0 Å². The first-order valence-electron chi connectivity index (χ1n) is 3.09. The largest absolute Gasteiger partial charge is 0.264 e. The lowest BCUT2D eigenvalue weighted by Crippen LogP contribution is -2.23. The van der Waals surface area contributed by atoms with Crippen LogP contribution in [0, 0.1) is 10.1 Å². The van der Waals surface area contributed by atoms with Gasteiger partial charge >= 0.3 is 0 Å². The fourth-order valence-electron chi connectivity index (χ4n) is 1.00. The van der Waals surface area contributed by atoms with Gasteiger partial charge in [-0.2, -0.15) is 0 Å². The summed E-state index contributed by atoms with van der Waals surface area (Å²) in [6, 6.07) is -1.08. The fourth-order valence-corrected chi connectivity index (χ4v) is 3.22. The summed E-state index contributed by atoms with van der Waals surface area (Å²) in [7, 11) is -3.41. The Balaban J connectivity index is 3.17. The molecule has 1 unspecified atom stereocenters.